The third-order valence-corrected chi connectivity index (χ3v) is 3.85. The molecule has 2 rings (SSSR count). The van der Waals surface area contributed by atoms with E-state index in [4.69, 9.17) is 11.6 Å². The Bertz CT molecular complexity index is 575. The predicted octanol–water partition coefficient (Wildman–Crippen LogP) is 3.35. The van der Waals surface area contributed by atoms with Gasteiger partial charge < -0.3 is 5.32 Å². The number of benzene rings is 1. The molecule has 3 nitrogen and oxygen atoms in total. The fraction of sp³-hybridized carbons (Fsp3) is 0.438. The van der Waals surface area contributed by atoms with E-state index in [2.05, 4.69) is 5.32 Å². The van der Waals surface area contributed by atoms with Crippen molar-refractivity contribution in [2.75, 3.05) is 26.2 Å². The number of nitrogens with zero attached hydrogens (tertiary/aromatic N) is 1. The van der Waals surface area contributed by atoms with E-state index in [9.17, 15) is 18.0 Å². The summed E-state index contributed by atoms with van der Waals surface area (Å²) in [6.45, 7) is 0.273. The molecule has 1 aliphatic heterocycles. The van der Waals surface area contributed by atoms with Gasteiger partial charge >= 0.3 is 6.18 Å². The number of hydrogen-bond acceptors (Lipinski definition) is 2. The smallest absolute Gasteiger partial charge is 0.352 e. The zero-order chi connectivity index (χ0) is 16.9. The van der Waals surface area contributed by atoms with Crippen LogP contribution < -0.4 is 5.32 Å². The van der Waals surface area contributed by atoms with E-state index in [0.717, 1.165) is 5.56 Å². The molecule has 126 valence electrons. The molecule has 1 aromatic carbocycles. The molecule has 0 bridgehead atoms. The molecule has 0 aliphatic carbocycles. The van der Waals surface area contributed by atoms with Gasteiger partial charge in [0.25, 0.3) is 0 Å². The van der Waals surface area contributed by atoms with E-state index >= 15 is 0 Å². The summed E-state index contributed by atoms with van der Waals surface area (Å²) in [6.07, 6.45) is -0.466. The molecule has 23 heavy (non-hydrogen) atoms. The van der Waals surface area contributed by atoms with E-state index in [1.165, 1.54) is 11.0 Å². The first-order valence-electron chi connectivity index (χ1n) is 7.32. The fourth-order valence-electron chi connectivity index (χ4n) is 2.56. The molecule has 0 aromatic heterocycles. The Hall–Kier alpha value is -1.53. The Morgan fingerprint density at radius 3 is 2.91 bits per heavy atom. The largest absolute Gasteiger partial charge is 0.401 e. The summed E-state index contributed by atoms with van der Waals surface area (Å²) < 4.78 is 36.9. The average molecular weight is 347 g/mol. The van der Waals surface area contributed by atoms with E-state index in [1.54, 1.807) is 24.3 Å². The Kier molecular flexibility index (Phi) is 6.07. The number of amides is 1. The number of alkyl halides is 3. The van der Waals surface area contributed by atoms with Gasteiger partial charge in [-0.15, -0.1) is 0 Å². The van der Waals surface area contributed by atoms with Gasteiger partial charge in [0, 0.05) is 24.2 Å². The first kappa shape index (κ1) is 17.8. The molecule has 1 fully saturated rings. The first-order valence-corrected chi connectivity index (χ1v) is 7.70. The van der Waals surface area contributed by atoms with Gasteiger partial charge in [0.05, 0.1) is 6.54 Å². The topological polar surface area (TPSA) is 32.3 Å². The normalized spacial score (nSPS) is 19.4. The molecular formula is C16H18ClF3N2O. The monoisotopic (exact) mass is 346 g/mol. The second-order valence-corrected chi connectivity index (χ2v) is 6.07. The van der Waals surface area contributed by atoms with E-state index in [-0.39, 0.29) is 11.8 Å². The highest BCUT2D eigenvalue weighted by molar-refractivity contribution is 6.30. The SMILES string of the molecule is O=C(C=Cc1cccc(Cl)c1)NCC1CCN(CC(F)(F)F)C1. The van der Waals surface area contributed by atoms with Crippen molar-refractivity contribution in [3.8, 4) is 0 Å². The standard InChI is InChI=1S/C16H18ClF3N2O/c17-14-3-1-2-12(8-14)4-5-15(23)21-9-13-6-7-22(10-13)11-16(18,19)20/h1-5,8,13H,6-7,9-11H2,(H,21,23). The molecule has 0 spiro atoms. The second kappa shape index (κ2) is 7.84. The maximum Gasteiger partial charge on any atom is 0.401 e. The van der Waals surface area contributed by atoms with Crippen LogP contribution in [0.4, 0.5) is 13.2 Å². The lowest BCUT2D eigenvalue weighted by Gasteiger charge is -2.17. The number of likely N-dealkylation sites (tertiary alicyclic amines) is 1. The molecule has 0 radical (unpaired) electrons. The third-order valence-electron chi connectivity index (χ3n) is 3.61. The summed E-state index contributed by atoms with van der Waals surface area (Å²) in [5, 5.41) is 3.31. The van der Waals surface area contributed by atoms with Crippen LogP contribution >= 0.6 is 11.6 Å². The van der Waals surface area contributed by atoms with Gasteiger partial charge in [-0.1, -0.05) is 23.7 Å². The van der Waals surface area contributed by atoms with Crippen LogP contribution in [0.5, 0.6) is 0 Å². The quantitative estimate of drug-likeness (QED) is 0.829. The van der Waals surface area contributed by atoms with Gasteiger partial charge in [-0.3, -0.25) is 9.69 Å². The Balaban J connectivity index is 1.73. The highest BCUT2D eigenvalue weighted by atomic mass is 35.5. The molecule has 1 amide bonds. The van der Waals surface area contributed by atoms with Crippen LogP contribution in [-0.4, -0.2) is 43.2 Å². The summed E-state index contributed by atoms with van der Waals surface area (Å²) in [7, 11) is 0. The van der Waals surface area contributed by atoms with Crippen molar-refractivity contribution < 1.29 is 18.0 Å². The molecule has 7 heteroatoms. The maximum absolute atomic E-state index is 12.3. The van der Waals surface area contributed by atoms with Crippen molar-refractivity contribution in [2.24, 2.45) is 5.92 Å². The number of carbonyl (C=O) groups is 1. The Labute approximate surface area is 138 Å². The van der Waals surface area contributed by atoms with Crippen LogP contribution in [0.2, 0.25) is 5.02 Å². The second-order valence-electron chi connectivity index (χ2n) is 5.64. The highest BCUT2D eigenvalue weighted by Crippen LogP contribution is 2.22. The van der Waals surface area contributed by atoms with Crippen molar-refractivity contribution in [3.05, 3.63) is 40.9 Å². The molecule has 1 aliphatic rings. The van der Waals surface area contributed by atoms with Crippen LogP contribution in [0, 0.1) is 5.92 Å². The van der Waals surface area contributed by atoms with Crippen LogP contribution in [0.1, 0.15) is 12.0 Å². The van der Waals surface area contributed by atoms with Gasteiger partial charge in [-0.25, -0.2) is 0 Å². The average Bonchev–Trinajstić information content (AvgIpc) is 2.88. The summed E-state index contributed by atoms with van der Waals surface area (Å²) in [5.74, 6) is -0.208. The van der Waals surface area contributed by atoms with Gasteiger partial charge in [0.1, 0.15) is 0 Å². The number of hydrogen-bond donors (Lipinski definition) is 1. The summed E-state index contributed by atoms with van der Waals surface area (Å²) in [4.78, 5) is 13.1. The lowest BCUT2D eigenvalue weighted by Crippen LogP contribution is -2.34. The van der Waals surface area contributed by atoms with Crippen LogP contribution in [0.15, 0.2) is 30.3 Å². The molecular weight excluding hydrogens is 329 g/mol. The number of halogens is 4. The van der Waals surface area contributed by atoms with Gasteiger partial charge in [0.15, 0.2) is 0 Å². The van der Waals surface area contributed by atoms with Crippen molar-refractivity contribution >= 4 is 23.6 Å². The number of rotatable bonds is 5. The van der Waals surface area contributed by atoms with E-state index in [1.807, 2.05) is 6.07 Å². The van der Waals surface area contributed by atoms with E-state index in [0.29, 0.717) is 31.1 Å². The summed E-state index contributed by atoms with van der Waals surface area (Å²) in [5.41, 5.74) is 0.810. The number of nitrogens with one attached hydrogen (secondary N) is 1. The van der Waals surface area contributed by atoms with Crippen molar-refractivity contribution in [3.63, 3.8) is 0 Å². The Morgan fingerprint density at radius 1 is 1.43 bits per heavy atom. The van der Waals surface area contributed by atoms with Crippen LogP contribution in [0.3, 0.4) is 0 Å². The lowest BCUT2D eigenvalue weighted by atomic mass is 10.1. The van der Waals surface area contributed by atoms with Crippen molar-refractivity contribution in [1.82, 2.24) is 10.2 Å². The molecule has 1 heterocycles. The fourth-order valence-corrected chi connectivity index (χ4v) is 2.76. The predicted molar refractivity (Wildman–Crippen MR) is 84.1 cm³/mol. The van der Waals surface area contributed by atoms with Crippen LogP contribution in [-0.2, 0) is 4.79 Å². The van der Waals surface area contributed by atoms with Crippen LogP contribution in [0.25, 0.3) is 6.08 Å². The Morgan fingerprint density at radius 2 is 2.22 bits per heavy atom. The zero-order valence-corrected chi connectivity index (χ0v) is 13.2. The van der Waals surface area contributed by atoms with Gasteiger partial charge in [0.2, 0.25) is 5.91 Å². The maximum atomic E-state index is 12.3. The van der Waals surface area contributed by atoms with Crippen molar-refractivity contribution in [1.29, 1.82) is 0 Å². The lowest BCUT2D eigenvalue weighted by molar-refractivity contribution is -0.143. The third kappa shape index (κ3) is 6.62. The van der Waals surface area contributed by atoms with Gasteiger partial charge in [-0.05, 0) is 42.7 Å². The minimum atomic E-state index is -4.17. The minimum absolute atomic E-state index is 0.0564. The minimum Gasteiger partial charge on any atom is -0.352 e. The summed E-state index contributed by atoms with van der Waals surface area (Å²) >= 11 is 5.85. The molecule has 1 saturated heterocycles. The molecule has 1 atom stereocenters. The number of carbonyl (C=O) groups excluding carboxylic acids is 1. The highest BCUT2D eigenvalue weighted by Gasteiger charge is 2.34. The van der Waals surface area contributed by atoms with E-state index < -0.39 is 12.7 Å². The molecule has 1 aromatic rings. The molecule has 0 saturated carbocycles. The molecule has 1 unspecified atom stereocenters. The zero-order valence-electron chi connectivity index (χ0n) is 12.4. The van der Waals surface area contributed by atoms with Gasteiger partial charge in [-0.2, -0.15) is 13.2 Å². The van der Waals surface area contributed by atoms with Crippen molar-refractivity contribution in [2.45, 2.75) is 12.6 Å². The summed E-state index contributed by atoms with van der Waals surface area (Å²) in [6, 6.07) is 7.08. The molecule has 1 N–H and O–H groups in total. The first-order chi connectivity index (χ1) is 10.8.